The molecule has 2 N–H and O–H groups in total. The summed E-state index contributed by atoms with van der Waals surface area (Å²) in [6.45, 7) is 4.96. The second-order valence-corrected chi connectivity index (χ2v) is 10.7. The van der Waals surface area contributed by atoms with Crippen LogP contribution in [-0.4, -0.2) is 46.7 Å². The normalized spacial score (nSPS) is 40.2. The molecule has 5 atom stereocenters. The van der Waals surface area contributed by atoms with Gasteiger partial charge in [-0.3, -0.25) is 19.7 Å². The second-order valence-electron chi connectivity index (χ2n) is 10.7. The minimum atomic E-state index is -1.01. The average molecular weight is 446 g/mol. The molecule has 8 heteroatoms. The van der Waals surface area contributed by atoms with Crippen molar-refractivity contribution < 1.29 is 24.2 Å². The zero-order valence-electron chi connectivity index (χ0n) is 19.1. The Hall–Kier alpha value is -1.93. The van der Waals surface area contributed by atoms with Gasteiger partial charge in [0.05, 0.1) is 0 Å². The fraction of sp³-hybridized carbons (Fsp3) is 0.792. The van der Waals surface area contributed by atoms with Crippen molar-refractivity contribution in [3.8, 4) is 0 Å². The van der Waals surface area contributed by atoms with E-state index in [1.165, 1.54) is 0 Å². The Labute approximate surface area is 189 Å². The van der Waals surface area contributed by atoms with Gasteiger partial charge in [0.1, 0.15) is 11.6 Å². The van der Waals surface area contributed by atoms with Crippen molar-refractivity contribution >= 4 is 17.7 Å². The summed E-state index contributed by atoms with van der Waals surface area (Å²) >= 11 is 0. The monoisotopic (exact) mass is 445 g/mol. The Morgan fingerprint density at radius 3 is 2.66 bits per heavy atom. The van der Waals surface area contributed by atoms with Crippen LogP contribution in [0.1, 0.15) is 71.6 Å². The highest BCUT2D eigenvalue weighted by molar-refractivity contribution is 5.98. The third-order valence-corrected chi connectivity index (χ3v) is 7.83. The van der Waals surface area contributed by atoms with Gasteiger partial charge in [-0.2, -0.15) is 9.78 Å². The number of rotatable bonds is 3. The molecule has 32 heavy (non-hydrogen) atoms. The standard InChI is InChI=1S/C24H35N3O5/c1-15-6-3-4-7-18-14-23(18,22(30)26-24(31-32-24)17-9-10-17)25-21(29)19-8-5-11-27(19)20(28)13-16(2)12-15/h4,7,15-19H,3,5-6,8-14H2,1-2H3,(H,25,29)(H,26,30)/b7-4-/t15-,16+,18+,19-,23+/m0/s1. The van der Waals surface area contributed by atoms with Crippen LogP contribution in [-0.2, 0) is 24.2 Å². The van der Waals surface area contributed by atoms with E-state index in [-0.39, 0.29) is 29.6 Å². The van der Waals surface area contributed by atoms with Crippen LogP contribution in [0.15, 0.2) is 12.2 Å². The van der Waals surface area contributed by atoms with Crippen LogP contribution in [0.25, 0.3) is 0 Å². The molecule has 3 amide bonds. The molecular weight excluding hydrogens is 410 g/mol. The fourth-order valence-corrected chi connectivity index (χ4v) is 5.63. The Morgan fingerprint density at radius 1 is 1.16 bits per heavy atom. The molecule has 0 aromatic rings. The van der Waals surface area contributed by atoms with Gasteiger partial charge in [0.2, 0.25) is 11.8 Å². The molecule has 0 aromatic carbocycles. The number of carbonyl (C=O) groups is 3. The van der Waals surface area contributed by atoms with Crippen LogP contribution in [0, 0.1) is 23.7 Å². The number of hydrogen-bond acceptors (Lipinski definition) is 5. The maximum absolute atomic E-state index is 13.3. The molecule has 0 bridgehead atoms. The van der Waals surface area contributed by atoms with Crippen LogP contribution in [0.2, 0.25) is 0 Å². The molecule has 0 spiro atoms. The quantitative estimate of drug-likeness (QED) is 0.394. The Kier molecular flexibility index (Phi) is 5.56. The Balaban J connectivity index is 1.36. The first-order valence-electron chi connectivity index (χ1n) is 12.3. The molecule has 5 aliphatic rings. The SMILES string of the molecule is C[C@H]1CC/C=C\[C@@H]2C[C@@]2(C(=O)NC2(C3CC3)OO2)NC(=O)[C@@H]2CCCN2C(=O)C[C@H](C)C1. The average Bonchev–Trinajstić information content (AvgIpc) is 3.64. The van der Waals surface area contributed by atoms with Gasteiger partial charge in [-0.05, 0) is 63.2 Å². The van der Waals surface area contributed by atoms with Crippen LogP contribution in [0.5, 0.6) is 0 Å². The van der Waals surface area contributed by atoms with Gasteiger partial charge in [-0.1, -0.05) is 26.0 Å². The third-order valence-electron chi connectivity index (χ3n) is 7.83. The molecule has 2 aliphatic carbocycles. The molecule has 176 valence electrons. The molecular formula is C24H35N3O5. The molecule has 0 radical (unpaired) electrons. The molecule has 4 fully saturated rings. The summed E-state index contributed by atoms with van der Waals surface area (Å²) in [5.41, 5.74) is -0.999. The van der Waals surface area contributed by atoms with Crippen molar-refractivity contribution in [3.63, 3.8) is 0 Å². The van der Waals surface area contributed by atoms with E-state index in [0.717, 1.165) is 38.5 Å². The van der Waals surface area contributed by atoms with E-state index in [2.05, 4.69) is 36.6 Å². The van der Waals surface area contributed by atoms with Crippen LogP contribution >= 0.6 is 0 Å². The highest BCUT2D eigenvalue weighted by Gasteiger charge is 2.67. The molecule has 0 unspecified atom stereocenters. The van der Waals surface area contributed by atoms with E-state index < -0.39 is 17.5 Å². The predicted octanol–water partition coefficient (Wildman–Crippen LogP) is 2.40. The summed E-state index contributed by atoms with van der Waals surface area (Å²) in [5.74, 6) is -0.510. The largest absolute Gasteiger partial charge is 0.339 e. The van der Waals surface area contributed by atoms with Gasteiger partial charge in [0, 0.05) is 24.8 Å². The zero-order chi connectivity index (χ0) is 22.5. The maximum Gasteiger partial charge on any atom is 0.313 e. The number of carbonyl (C=O) groups excluding carboxylic acids is 3. The molecule has 2 saturated heterocycles. The molecule has 2 saturated carbocycles. The van der Waals surface area contributed by atoms with Crippen LogP contribution in [0.3, 0.4) is 0 Å². The van der Waals surface area contributed by atoms with E-state index in [0.29, 0.717) is 37.6 Å². The Morgan fingerprint density at radius 2 is 1.94 bits per heavy atom. The molecule has 5 rings (SSSR count). The highest BCUT2D eigenvalue weighted by Crippen LogP contribution is 2.51. The second kappa shape index (κ2) is 8.13. The van der Waals surface area contributed by atoms with Gasteiger partial charge in [-0.25, -0.2) is 0 Å². The minimum Gasteiger partial charge on any atom is -0.339 e. The molecule has 0 aromatic heterocycles. The highest BCUT2D eigenvalue weighted by atomic mass is 17.4. The van der Waals surface area contributed by atoms with Crippen LogP contribution in [0.4, 0.5) is 0 Å². The fourth-order valence-electron chi connectivity index (χ4n) is 5.63. The smallest absolute Gasteiger partial charge is 0.313 e. The molecule has 8 nitrogen and oxygen atoms in total. The van der Waals surface area contributed by atoms with Crippen molar-refractivity contribution in [1.82, 2.24) is 15.5 Å². The number of amides is 3. The van der Waals surface area contributed by atoms with Crippen LogP contribution < -0.4 is 10.6 Å². The van der Waals surface area contributed by atoms with Crippen molar-refractivity contribution in [2.24, 2.45) is 23.7 Å². The number of hydrogen-bond donors (Lipinski definition) is 2. The lowest BCUT2D eigenvalue weighted by molar-refractivity contribution is -0.140. The number of allylic oxidation sites excluding steroid dienone is 1. The van der Waals surface area contributed by atoms with Gasteiger partial charge in [0.15, 0.2) is 0 Å². The third kappa shape index (κ3) is 4.19. The summed E-state index contributed by atoms with van der Waals surface area (Å²) < 4.78 is 0. The summed E-state index contributed by atoms with van der Waals surface area (Å²) in [6, 6.07) is -0.502. The van der Waals surface area contributed by atoms with E-state index in [1.807, 2.05) is 0 Å². The van der Waals surface area contributed by atoms with E-state index in [9.17, 15) is 14.4 Å². The van der Waals surface area contributed by atoms with E-state index >= 15 is 0 Å². The van der Waals surface area contributed by atoms with E-state index in [4.69, 9.17) is 9.78 Å². The summed E-state index contributed by atoms with van der Waals surface area (Å²) in [7, 11) is 0. The van der Waals surface area contributed by atoms with Crippen molar-refractivity contribution in [1.29, 1.82) is 0 Å². The van der Waals surface area contributed by atoms with Crippen molar-refractivity contribution in [2.45, 2.75) is 89.1 Å². The predicted molar refractivity (Wildman–Crippen MR) is 115 cm³/mol. The van der Waals surface area contributed by atoms with Gasteiger partial charge in [-0.15, -0.1) is 0 Å². The first kappa shape index (κ1) is 21.9. The Bertz CT molecular complexity index is 820. The molecule has 3 aliphatic heterocycles. The number of nitrogens with one attached hydrogen (secondary N) is 2. The number of fused-ring (bicyclic) bond motifs is 2. The summed E-state index contributed by atoms with van der Waals surface area (Å²) in [4.78, 5) is 51.7. The van der Waals surface area contributed by atoms with E-state index in [1.54, 1.807) is 4.90 Å². The van der Waals surface area contributed by atoms with Gasteiger partial charge < -0.3 is 10.2 Å². The lowest BCUT2D eigenvalue weighted by Crippen LogP contribution is -2.57. The minimum absolute atomic E-state index is 0.0497. The maximum atomic E-state index is 13.3. The summed E-state index contributed by atoms with van der Waals surface area (Å²) in [6.07, 6.45) is 11.6. The molecule has 3 heterocycles. The van der Waals surface area contributed by atoms with Gasteiger partial charge >= 0.3 is 5.91 Å². The first-order chi connectivity index (χ1) is 15.3. The summed E-state index contributed by atoms with van der Waals surface area (Å²) in [5, 5.41) is 5.97. The van der Waals surface area contributed by atoms with Crippen molar-refractivity contribution in [2.75, 3.05) is 6.54 Å². The van der Waals surface area contributed by atoms with Gasteiger partial charge in [0.25, 0.3) is 5.91 Å². The zero-order valence-corrected chi connectivity index (χ0v) is 19.1. The van der Waals surface area contributed by atoms with Crippen molar-refractivity contribution in [3.05, 3.63) is 12.2 Å². The first-order valence-corrected chi connectivity index (χ1v) is 12.3. The lowest BCUT2D eigenvalue weighted by Gasteiger charge is -2.28. The number of nitrogens with zero attached hydrogens (tertiary/aromatic N) is 1. The topological polar surface area (TPSA) is 104 Å². The lowest BCUT2D eigenvalue weighted by atomic mass is 9.91.